The average Bonchev–Trinajstić information content (AvgIpc) is 3.33. The summed E-state index contributed by atoms with van der Waals surface area (Å²) in [5, 5.41) is 18.5. The molecule has 0 saturated carbocycles. The first-order valence-electron chi connectivity index (χ1n) is 13.9. The number of hydrogen-bond acceptors (Lipinski definition) is 7. The van der Waals surface area contributed by atoms with Crippen molar-refractivity contribution in [2.24, 2.45) is 28.1 Å². The fourth-order valence-corrected chi connectivity index (χ4v) is 4.89. The number of carbonyl (C=O) groups is 4. The van der Waals surface area contributed by atoms with Crippen molar-refractivity contribution in [3.05, 3.63) is 36.0 Å². The first-order valence-corrected chi connectivity index (χ1v) is 15.3. The van der Waals surface area contributed by atoms with Gasteiger partial charge < -0.3 is 43.2 Å². The molecule has 4 unspecified atom stereocenters. The fourth-order valence-electron chi connectivity index (χ4n) is 4.42. The minimum Gasteiger partial charge on any atom is -0.480 e. The highest BCUT2D eigenvalue weighted by molar-refractivity contribution is 7.98. The number of fused-ring (bicyclic) bond motifs is 1. The number of aromatic amines is 1. The van der Waals surface area contributed by atoms with E-state index in [0.29, 0.717) is 12.2 Å². The topological polar surface area (TPSA) is 231 Å². The van der Waals surface area contributed by atoms with Gasteiger partial charge in [-0.1, -0.05) is 32.0 Å². The van der Waals surface area contributed by atoms with E-state index in [4.69, 9.17) is 17.2 Å². The van der Waals surface area contributed by atoms with Crippen molar-refractivity contribution in [2.75, 3.05) is 18.6 Å². The summed E-state index contributed by atoms with van der Waals surface area (Å²) in [6.07, 6.45) is 4.93. The van der Waals surface area contributed by atoms with Gasteiger partial charge in [0.2, 0.25) is 17.7 Å². The molecular formula is C28H44N8O5S. The quantitative estimate of drug-likeness (QED) is 0.0669. The van der Waals surface area contributed by atoms with Gasteiger partial charge >= 0.3 is 5.97 Å². The van der Waals surface area contributed by atoms with E-state index in [2.05, 4.69) is 25.9 Å². The summed E-state index contributed by atoms with van der Waals surface area (Å²) in [4.78, 5) is 58.5. The summed E-state index contributed by atoms with van der Waals surface area (Å²) < 4.78 is 0. The second-order valence-corrected chi connectivity index (χ2v) is 11.5. The number of para-hydroxylation sites is 1. The highest BCUT2D eigenvalue weighted by atomic mass is 32.2. The molecule has 3 amide bonds. The lowest BCUT2D eigenvalue weighted by Crippen LogP contribution is -2.57. The molecule has 0 aliphatic heterocycles. The van der Waals surface area contributed by atoms with E-state index in [9.17, 15) is 24.3 Å². The number of H-pyrrole nitrogens is 1. The third-order valence-corrected chi connectivity index (χ3v) is 7.24. The van der Waals surface area contributed by atoms with Gasteiger partial charge in [-0.3, -0.25) is 19.4 Å². The normalized spacial score (nSPS) is 14.0. The smallest absolute Gasteiger partial charge is 0.326 e. The number of amides is 3. The van der Waals surface area contributed by atoms with E-state index in [1.54, 1.807) is 6.20 Å². The fraction of sp³-hybridized carbons (Fsp3) is 0.536. The number of nitrogens with two attached hydrogens (primary N) is 3. The summed E-state index contributed by atoms with van der Waals surface area (Å²) in [6.45, 7) is 4.00. The Kier molecular flexibility index (Phi) is 14.1. The van der Waals surface area contributed by atoms with E-state index in [1.807, 2.05) is 44.4 Å². The van der Waals surface area contributed by atoms with Gasteiger partial charge in [0, 0.05) is 23.6 Å². The van der Waals surface area contributed by atoms with Crippen LogP contribution < -0.4 is 33.2 Å². The number of benzene rings is 1. The molecule has 2 aromatic rings. The second kappa shape index (κ2) is 17.2. The molecule has 4 atom stereocenters. The number of aromatic nitrogens is 1. The zero-order valence-corrected chi connectivity index (χ0v) is 25.2. The van der Waals surface area contributed by atoms with Gasteiger partial charge in [0.25, 0.3) is 0 Å². The van der Waals surface area contributed by atoms with Crippen molar-refractivity contribution < 1.29 is 24.3 Å². The number of nitrogens with one attached hydrogen (secondary N) is 4. The Bertz CT molecular complexity index is 1230. The lowest BCUT2D eigenvalue weighted by Gasteiger charge is -2.26. The molecule has 0 aliphatic carbocycles. The zero-order chi connectivity index (χ0) is 31.2. The van der Waals surface area contributed by atoms with Crippen molar-refractivity contribution in [3.63, 3.8) is 0 Å². The van der Waals surface area contributed by atoms with E-state index >= 15 is 0 Å². The summed E-state index contributed by atoms with van der Waals surface area (Å²) in [5.74, 6) is -2.42. The van der Waals surface area contributed by atoms with Crippen molar-refractivity contribution in [1.82, 2.24) is 20.9 Å². The van der Waals surface area contributed by atoms with Crippen LogP contribution in [0.25, 0.3) is 10.9 Å². The molecule has 14 heteroatoms. The van der Waals surface area contributed by atoms with Crippen molar-refractivity contribution in [3.8, 4) is 0 Å². The van der Waals surface area contributed by atoms with Crippen LogP contribution in [-0.2, 0) is 25.6 Å². The molecule has 1 aromatic carbocycles. The number of carboxylic acid groups (broad SMARTS) is 1. The predicted octanol–water partition coefficient (Wildman–Crippen LogP) is 0.430. The Morgan fingerprint density at radius 1 is 0.976 bits per heavy atom. The number of carboxylic acids is 1. The van der Waals surface area contributed by atoms with Gasteiger partial charge in [0.05, 0.1) is 6.04 Å². The predicted molar refractivity (Wildman–Crippen MR) is 166 cm³/mol. The first kappa shape index (κ1) is 34.4. The maximum Gasteiger partial charge on any atom is 0.326 e. The maximum absolute atomic E-state index is 13.5. The Labute approximate surface area is 250 Å². The van der Waals surface area contributed by atoms with Crippen LogP contribution in [0.3, 0.4) is 0 Å². The van der Waals surface area contributed by atoms with E-state index in [0.717, 1.165) is 16.5 Å². The third-order valence-electron chi connectivity index (χ3n) is 6.60. The molecule has 1 aromatic heterocycles. The molecule has 42 heavy (non-hydrogen) atoms. The zero-order valence-electron chi connectivity index (χ0n) is 24.4. The molecular weight excluding hydrogens is 560 g/mol. The van der Waals surface area contributed by atoms with Gasteiger partial charge in [-0.05, 0) is 61.7 Å². The van der Waals surface area contributed by atoms with Crippen LogP contribution in [0, 0.1) is 5.92 Å². The number of aliphatic imine (C=N–C) groups is 1. The van der Waals surface area contributed by atoms with Gasteiger partial charge in [-0.2, -0.15) is 11.8 Å². The second-order valence-electron chi connectivity index (χ2n) is 10.6. The van der Waals surface area contributed by atoms with Crippen LogP contribution in [0.2, 0.25) is 0 Å². The lowest BCUT2D eigenvalue weighted by atomic mass is 10.0. The van der Waals surface area contributed by atoms with Gasteiger partial charge in [0.15, 0.2) is 5.96 Å². The lowest BCUT2D eigenvalue weighted by molar-refractivity contribution is -0.142. The number of rotatable bonds is 18. The first-order chi connectivity index (χ1) is 19.9. The number of guanidine groups is 1. The molecule has 0 bridgehead atoms. The highest BCUT2D eigenvalue weighted by Crippen LogP contribution is 2.19. The monoisotopic (exact) mass is 604 g/mol. The summed E-state index contributed by atoms with van der Waals surface area (Å²) in [5.41, 5.74) is 18.8. The third kappa shape index (κ3) is 11.2. The van der Waals surface area contributed by atoms with Gasteiger partial charge in [0.1, 0.15) is 18.1 Å². The number of aliphatic carboxylic acids is 1. The maximum atomic E-state index is 13.5. The van der Waals surface area contributed by atoms with Crippen LogP contribution >= 0.6 is 11.8 Å². The van der Waals surface area contributed by atoms with Crippen LogP contribution in [0.1, 0.15) is 45.1 Å². The number of hydrogen-bond donors (Lipinski definition) is 8. The Morgan fingerprint density at radius 3 is 2.26 bits per heavy atom. The summed E-state index contributed by atoms with van der Waals surface area (Å²) in [7, 11) is 0. The van der Waals surface area contributed by atoms with Crippen LogP contribution in [-0.4, -0.2) is 82.5 Å². The van der Waals surface area contributed by atoms with E-state index < -0.39 is 47.9 Å². The van der Waals surface area contributed by atoms with Crippen molar-refractivity contribution >= 4 is 52.3 Å². The van der Waals surface area contributed by atoms with Crippen LogP contribution in [0.4, 0.5) is 0 Å². The van der Waals surface area contributed by atoms with Gasteiger partial charge in [-0.25, -0.2) is 4.79 Å². The standard InChI is InChI=1S/C28H44N8O5S/c1-16(2)13-23(26(39)35-22(27(40)41)10-12-42-3)36-25(38)21(9-6-11-32-28(30)31)34-24(37)19(29)14-17-15-33-20-8-5-4-7-18(17)20/h4-5,7-8,15-16,19,21-23,33H,6,9-14,29H2,1-3H3,(H,34,37)(H,35,39)(H,36,38)(H,40,41)(H4,30,31,32). The molecule has 0 radical (unpaired) electrons. The summed E-state index contributed by atoms with van der Waals surface area (Å²) >= 11 is 1.47. The Morgan fingerprint density at radius 2 is 1.62 bits per heavy atom. The van der Waals surface area contributed by atoms with Gasteiger partial charge in [-0.15, -0.1) is 0 Å². The number of nitrogens with zero attached hydrogens (tertiary/aromatic N) is 1. The van der Waals surface area contributed by atoms with Crippen LogP contribution in [0.5, 0.6) is 0 Å². The van der Waals surface area contributed by atoms with Crippen LogP contribution in [0.15, 0.2) is 35.5 Å². The minimum atomic E-state index is -1.15. The molecule has 0 saturated heterocycles. The Hall–Kier alpha value is -3.78. The summed E-state index contributed by atoms with van der Waals surface area (Å²) in [6, 6.07) is 3.58. The largest absolute Gasteiger partial charge is 0.480 e. The molecule has 0 spiro atoms. The molecule has 0 fully saturated rings. The molecule has 0 aliphatic rings. The molecule has 13 nitrogen and oxygen atoms in total. The number of thioether (sulfide) groups is 1. The number of carbonyl (C=O) groups excluding carboxylic acids is 3. The molecule has 11 N–H and O–H groups in total. The molecule has 2 rings (SSSR count). The Balaban J connectivity index is 2.17. The van der Waals surface area contributed by atoms with E-state index in [1.165, 1.54) is 11.8 Å². The molecule has 1 heterocycles. The molecule has 232 valence electrons. The van der Waals surface area contributed by atoms with Crippen molar-refractivity contribution in [1.29, 1.82) is 0 Å². The average molecular weight is 605 g/mol. The van der Waals surface area contributed by atoms with E-state index in [-0.39, 0.29) is 44.1 Å². The SMILES string of the molecule is CSCCC(NC(=O)C(CC(C)C)NC(=O)C(CCCN=C(N)N)NC(=O)C(N)Cc1c[nH]c2ccccc12)C(=O)O. The van der Waals surface area contributed by atoms with Crippen molar-refractivity contribution in [2.45, 2.75) is 70.1 Å². The highest BCUT2D eigenvalue weighted by Gasteiger charge is 2.30. The minimum absolute atomic E-state index is 0.00929.